The smallest absolute Gasteiger partial charge is 0.160 e. The van der Waals surface area contributed by atoms with Gasteiger partial charge in [-0.05, 0) is 42.5 Å². The Morgan fingerprint density at radius 2 is 2.00 bits per heavy atom. The minimum absolute atomic E-state index is 0.280. The van der Waals surface area contributed by atoms with Crippen molar-refractivity contribution in [2.75, 3.05) is 20.8 Å². The molecule has 0 saturated carbocycles. The van der Waals surface area contributed by atoms with Gasteiger partial charge in [0.25, 0.3) is 0 Å². The number of nitrogens with two attached hydrogens (primary N) is 1. The van der Waals surface area contributed by atoms with Crippen LogP contribution in [-0.4, -0.2) is 20.8 Å². The number of benzene rings is 1. The molecule has 3 nitrogen and oxygen atoms in total. The quantitative estimate of drug-likeness (QED) is 0.812. The number of hydrogen-bond donors (Lipinski definition) is 1. The van der Waals surface area contributed by atoms with Gasteiger partial charge >= 0.3 is 0 Å². The lowest BCUT2D eigenvalue weighted by atomic mass is 10.0. The van der Waals surface area contributed by atoms with E-state index in [-0.39, 0.29) is 6.54 Å². The van der Waals surface area contributed by atoms with E-state index in [0.717, 1.165) is 24.2 Å². The average molecular weight is 253 g/mol. The fourth-order valence-electron chi connectivity index (χ4n) is 1.76. The van der Waals surface area contributed by atoms with Gasteiger partial charge in [-0.1, -0.05) is 6.07 Å². The van der Waals surface area contributed by atoms with Gasteiger partial charge in [0.2, 0.25) is 0 Å². The predicted octanol–water partition coefficient (Wildman–Crippen LogP) is 2.84. The zero-order chi connectivity index (χ0) is 13.4. The molecule has 0 aliphatic rings. The van der Waals surface area contributed by atoms with Crippen LogP contribution in [0.3, 0.4) is 0 Å². The van der Waals surface area contributed by atoms with Gasteiger partial charge in [-0.15, -0.1) is 0 Å². The van der Waals surface area contributed by atoms with Crippen molar-refractivity contribution in [2.24, 2.45) is 5.73 Å². The summed E-state index contributed by atoms with van der Waals surface area (Å²) in [6.07, 6.45) is 3.01. The molecule has 1 rings (SSSR count). The molecule has 0 aliphatic carbocycles. The summed E-state index contributed by atoms with van der Waals surface area (Å²) in [5.74, 6) is 1.43. The van der Waals surface area contributed by atoms with Crippen molar-refractivity contribution in [1.29, 1.82) is 0 Å². The summed E-state index contributed by atoms with van der Waals surface area (Å²) in [6, 6.07) is 5.81. The molecule has 0 heterocycles. The molecule has 0 bridgehead atoms. The molecule has 0 fully saturated rings. The molecule has 18 heavy (non-hydrogen) atoms. The minimum Gasteiger partial charge on any atom is -0.493 e. The van der Waals surface area contributed by atoms with E-state index in [0.29, 0.717) is 24.1 Å². The molecule has 0 amide bonds. The van der Waals surface area contributed by atoms with Crippen LogP contribution in [0.25, 0.3) is 0 Å². The Bertz CT molecular complexity index is 405. The van der Waals surface area contributed by atoms with Gasteiger partial charge in [0.1, 0.15) is 0 Å². The molecule has 4 heteroatoms. The highest BCUT2D eigenvalue weighted by atomic mass is 19.1. The zero-order valence-electron chi connectivity index (χ0n) is 10.9. The molecule has 0 aliphatic heterocycles. The van der Waals surface area contributed by atoms with Crippen molar-refractivity contribution in [3.63, 3.8) is 0 Å². The third-order valence-corrected chi connectivity index (χ3v) is 2.83. The van der Waals surface area contributed by atoms with E-state index in [4.69, 9.17) is 15.2 Å². The van der Waals surface area contributed by atoms with E-state index < -0.39 is 0 Å². The van der Waals surface area contributed by atoms with Crippen molar-refractivity contribution in [3.8, 4) is 11.5 Å². The maximum atomic E-state index is 12.3. The Balaban J connectivity index is 2.58. The largest absolute Gasteiger partial charge is 0.493 e. The van der Waals surface area contributed by atoms with E-state index in [1.165, 1.54) is 0 Å². The van der Waals surface area contributed by atoms with Crippen molar-refractivity contribution in [1.82, 2.24) is 0 Å². The Labute approximate surface area is 107 Å². The van der Waals surface area contributed by atoms with Crippen molar-refractivity contribution < 1.29 is 13.9 Å². The summed E-state index contributed by atoms with van der Waals surface area (Å²) in [6.45, 7) is 0.280. The van der Waals surface area contributed by atoms with Crippen LogP contribution < -0.4 is 15.2 Å². The Morgan fingerprint density at radius 1 is 1.28 bits per heavy atom. The first-order valence-corrected chi connectivity index (χ1v) is 5.94. The number of halogens is 1. The highest BCUT2D eigenvalue weighted by Gasteiger charge is 2.04. The lowest BCUT2D eigenvalue weighted by molar-refractivity contribution is 0.354. The Morgan fingerprint density at radius 3 is 2.56 bits per heavy atom. The second kappa shape index (κ2) is 7.71. The lowest BCUT2D eigenvalue weighted by Crippen LogP contribution is -2.03. The van der Waals surface area contributed by atoms with Gasteiger partial charge in [0.05, 0.1) is 20.5 Å². The van der Waals surface area contributed by atoms with Crippen LogP contribution in [-0.2, 0) is 6.42 Å². The van der Waals surface area contributed by atoms with Gasteiger partial charge in [-0.3, -0.25) is 0 Å². The zero-order valence-corrected chi connectivity index (χ0v) is 10.9. The molecule has 0 radical (unpaired) electrons. The van der Waals surface area contributed by atoms with Crippen LogP contribution in [0.15, 0.2) is 30.1 Å². The standard InChI is InChI=1S/C14H20FNO2/c1-17-13-7-6-11(8-14(13)18-2)4-3-5-12(9-15)10-16/h6-9H,3-5,10,16H2,1-2H3. The Hall–Kier alpha value is -1.55. The lowest BCUT2D eigenvalue weighted by Gasteiger charge is -2.09. The van der Waals surface area contributed by atoms with Gasteiger partial charge < -0.3 is 15.2 Å². The number of aryl methyl sites for hydroxylation is 1. The fraction of sp³-hybridized carbons (Fsp3) is 0.429. The van der Waals surface area contributed by atoms with Crippen LogP contribution in [0, 0.1) is 0 Å². The SMILES string of the molecule is COc1ccc(CCCC(=CF)CN)cc1OC. The summed E-state index contributed by atoms with van der Waals surface area (Å²) in [5, 5.41) is 0. The third-order valence-electron chi connectivity index (χ3n) is 2.83. The van der Waals surface area contributed by atoms with Gasteiger partial charge in [-0.25, -0.2) is 4.39 Å². The molecular formula is C14H20FNO2. The molecule has 0 aromatic heterocycles. The first-order chi connectivity index (χ1) is 8.74. The maximum Gasteiger partial charge on any atom is 0.160 e. The molecule has 100 valence electrons. The van der Waals surface area contributed by atoms with Crippen LogP contribution in [0.4, 0.5) is 4.39 Å². The summed E-state index contributed by atoms with van der Waals surface area (Å²) in [7, 11) is 3.22. The molecule has 0 saturated heterocycles. The van der Waals surface area contributed by atoms with Gasteiger partial charge in [-0.2, -0.15) is 0 Å². The first kappa shape index (κ1) is 14.5. The molecule has 1 aromatic rings. The summed E-state index contributed by atoms with van der Waals surface area (Å²) < 4.78 is 22.7. The topological polar surface area (TPSA) is 44.5 Å². The van der Waals surface area contributed by atoms with Crippen LogP contribution >= 0.6 is 0 Å². The molecular weight excluding hydrogens is 233 g/mol. The van der Waals surface area contributed by atoms with Crippen molar-refractivity contribution >= 4 is 0 Å². The number of rotatable bonds is 7. The van der Waals surface area contributed by atoms with Crippen molar-refractivity contribution in [2.45, 2.75) is 19.3 Å². The highest BCUT2D eigenvalue weighted by molar-refractivity contribution is 5.42. The van der Waals surface area contributed by atoms with E-state index in [1.807, 2.05) is 18.2 Å². The molecule has 0 unspecified atom stereocenters. The second-order valence-electron chi connectivity index (χ2n) is 4.01. The molecule has 0 atom stereocenters. The van der Waals surface area contributed by atoms with E-state index in [2.05, 4.69) is 0 Å². The molecule has 0 spiro atoms. The number of hydrogen-bond acceptors (Lipinski definition) is 3. The summed E-state index contributed by atoms with van der Waals surface area (Å²) in [4.78, 5) is 0. The number of methoxy groups -OCH3 is 2. The Kier molecular flexibility index (Phi) is 6.22. The van der Waals surface area contributed by atoms with Gasteiger partial charge in [0, 0.05) is 6.54 Å². The average Bonchev–Trinajstić information content (AvgIpc) is 2.43. The predicted molar refractivity (Wildman–Crippen MR) is 70.7 cm³/mol. The summed E-state index contributed by atoms with van der Waals surface area (Å²) >= 11 is 0. The second-order valence-corrected chi connectivity index (χ2v) is 4.01. The third kappa shape index (κ3) is 4.04. The van der Waals surface area contributed by atoms with Crippen LogP contribution in [0.5, 0.6) is 11.5 Å². The molecule has 1 aromatic carbocycles. The molecule has 2 N–H and O–H groups in total. The highest BCUT2D eigenvalue weighted by Crippen LogP contribution is 2.28. The number of ether oxygens (including phenoxy) is 2. The van der Waals surface area contributed by atoms with Crippen molar-refractivity contribution in [3.05, 3.63) is 35.7 Å². The monoisotopic (exact) mass is 253 g/mol. The first-order valence-electron chi connectivity index (χ1n) is 5.94. The van der Waals surface area contributed by atoms with E-state index >= 15 is 0 Å². The van der Waals surface area contributed by atoms with Gasteiger partial charge in [0.15, 0.2) is 11.5 Å². The minimum atomic E-state index is 0.280. The van der Waals surface area contributed by atoms with Crippen LogP contribution in [0.1, 0.15) is 18.4 Å². The normalized spacial score (nSPS) is 11.4. The van der Waals surface area contributed by atoms with E-state index in [1.54, 1.807) is 14.2 Å². The van der Waals surface area contributed by atoms with Crippen LogP contribution in [0.2, 0.25) is 0 Å². The fourth-order valence-corrected chi connectivity index (χ4v) is 1.76. The van der Waals surface area contributed by atoms with E-state index in [9.17, 15) is 4.39 Å². The maximum absolute atomic E-state index is 12.3. The summed E-state index contributed by atoms with van der Waals surface area (Å²) in [5.41, 5.74) is 7.19.